The molecule has 0 amide bonds. The van der Waals surface area contributed by atoms with E-state index in [2.05, 4.69) is 0 Å². The van der Waals surface area contributed by atoms with Gasteiger partial charge in [-0.15, -0.1) is 0 Å². The van der Waals surface area contributed by atoms with Crippen LogP contribution in [0.2, 0.25) is 0 Å². The lowest BCUT2D eigenvalue weighted by Gasteiger charge is -2.18. The Morgan fingerprint density at radius 2 is 1.74 bits per heavy atom. The number of rotatable bonds is 1. The SMILES string of the molecule is CN1C=C2C[C@H](c3c(F)c(F)cc(F)c3F)CN2C1. The normalized spacial score (nSPS) is 21.9. The van der Waals surface area contributed by atoms with E-state index in [-0.39, 0.29) is 6.07 Å². The Balaban J connectivity index is 1.99. The minimum atomic E-state index is -1.34. The molecule has 3 rings (SSSR count). The van der Waals surface area contributed by atoms with E-state index in [4.69, 9.17) is 0 Å². The topological polar surface area (TPSA) is 6.48 Å². The highest BCUT2D eigenvalue weighted by atomic mass is 19.2. The summed E-state index contributed by atoms with van der Waals surface area (Å²) in [6.45, 7) is 1.000. The highest BCUT2D eigenvalue weighted by Crippen LogP contribution is 2.39. The summed E-state index contributed by atoms with van der Waals surface area (Å²) < 4.78 is 53.8. The van der Waals surface area contributed by atoms with Gasteiger partial charge in [-0.25, -0.2) is 17.6 Å². The van der Waals surface area contributed by atoms with Gasteiger partial charge in [0.25, 0.3) is 0 Å². The van der Waals surface area contributed by atoms with Gasteiger partial charge in [0.15, 0.2) is 23.3 Å². The van der Waals surface area contributed by atoms with Crippen LogP contribution in [0.15, 0.2) is 18.0 Å². The average molecular weight is 272 g/mol. The molecule has 0 spiro atoms. The minimum absolute atomic E-state index is 0.247. The van der Waals surface area contributed by atoms with E-state index < -0.39 is 34.8 Å². The molecular weight excluding hydrogens is 260 g/mol. The highest BCUT2D eigenvalue weighted by Gasteiger charge is 2.36. The molecule has 102 valence electrons. The molecule has 6 heteroatoms. The molecule has 19 heavy (non-hydrogen) atoms. The maximum absolute atomic E-state index is 13.7. The van der Waals surface area contributed by atoms with Crippen LogP contribution in [0.1, 0.15) is 17.9 Å². The molecule has 1 aromatic rings. The van der Waals surface area contributed by atoms with E-state index in [1.165, 1.54) is 0 Å². The summed E-state index contributed by atoms with van der Waals surface area (Å²) in [6.07, 6.45) is 2.27. The predicted molar refractivity (Wildman–Crippen MR) is 61.1 cm³/mol. The number of allylic oxidation sites excluding steroid dienone is 1. The number of nitrogens with zero attached hydrogens (tertiary/aromatic N) is 2. The van der Waals surface area contributed by atoms with Gasteiger partial charge in [0.1, 0.15) is 0 Å². The minimum Gasteiger partial charge on any atom is -0.361 e. The van der Waals surface area contributed by atoms with Crippen LogP contribution in [-0.4, -0.2) is 30.1 Å². The fourth-order valence-electron chi connectivity index (χ4n) is 2.82. The third kappa shape index (κ3) is 1.86. The highest BCUT2D eigenvalue weighted by molar-refractivity contribution is 5.31. The molecule has 0 radical (unpaired) electrons. The van der Waals surface area contributed by atoms with Crippen molar-refractivity contribution in [2.45, 2.75) is 12.3 Å². The fourth-order valence-corrected chi connectivity index (χ4v) is 2.82. The molecule has 2 nitrogen and oxygen atoms in total. The van der Waals surface area contributed by atoms with Gasteiger partial charge in [-0.1, -0.05) is 0 Å². The maximum Gasteiger partial charge on any atom is 0.165 e. The van der Waals surface area contributed by atoms with Crippen molar-refractivity contribution in [2.75, 3.05) is 20.3 Å². The zero-order valence-electron chi connectivity index (χ0n) is 10.3. The van der Waals surface area contributed by atoms with E-state index >= 15 is 0 Å². The lowest BCUT2D eigenvalue weighted by atomic mass is 9.96. The lowest BCUT2D eigenvalue weighted by Crippen LogP contribution is -2.24. The summed E-state index contributed by atoms with van der Waals surface area (Å²) in [6, 6.07) is 0.247. The van der Waals surface area contributed by atoms with Gasteiger partial charge in [0.2, 0.25) is 0 Å². The van der Waals surface area contributed by atoms with Crippen molar-refractivity contribution < 1.29 is 17.6 Å². The Bertz CT molecular complexity index is 544. The van der Waals surface area contributed by atoms with Crippen LogP contribution < -0.4 is 0 Å². The molecule has 2 aliphatic rings. The van der Waals surface area contributed by atoms with Gasteiger partial charge in [0, 0.05) is 43.0 Å². The lowest BCUT2D eigenvalue weighted by molar-refractivity contribution is 0.299. The largest absolute Gasteiger partial charge is 0.361 e. The Morgan fingerprint density at radius 1 is 1.11 bits per heavy atom. The molecule has 1 atom stereocenters. The van der Waals surface area contributed by atoms with Crippen molar-refractivity contribution in [1.29, 1.82) is 0 Å². The van der Waals surface area contributed by atoms with Crippen LogP contribution in [-0.2, 0) is 0 Å². The van der Waals surface area contributed by atoms with Gasteiger partial charge in [-0.3, -0.25) is 0 Å². The van der Waals surface area contributed by atoms with Crippen LogP contribution in [0.5, 0.6) is 0 Å². The molecule has 0 saturated carbocycles. The van der Waals surface area contributed by atoms with Gasteiger partial charge < -0.3 is 9.80 Å². The number of hydrogen-bond donors (Lipinski definition) is 0. The summed E-state index contributed by atoms with van der Waals surface area (Å²) in [4.78, 5) is 3.90. The summed E-state index contributed by atoms with van der Waals surface area (Å²) in [7, 11) is 1.89. The smallest absolute Gasteiger partial charge is 0.165 e. The molecule has 2 heterocycles. The molecule has 2 aliphatic heterocycles. The summed E-state index contributed by atoms with van der Waals surface area (Å²) in [5, 5.41) is 0. The fraction of sp³-hybridized carbons (Fsp3) is 0.385. The molecule has 0 unspecified atom stereocenters. The summed E-state index contributed by atoms with van der Waals surface area (Å²) >= 11 is 0. The third-order valence-electron chi connectivity index (χ3n) is 3.62. The quantitative estimate of drug-likeness (QED) is 0.573. The first-order chi connectivity index (χ1) is 8.97. The van der Waals surface area contributed by atoms with Crippen LogP contribution >= 0.6 is 0 Å². The Kier molecular flexibility index (Phi) is 2.69. The standard InChI is InChI=1S/C13H12F4N2/c1-18-5-8-2-7(4-19(8)6-18)11-12(16)9(14)3-10(15)13(11)17/h3,5,7H,2,4,6H2,1H3/t7-/m0/s1. The first kappa shape index (κ1) is 12.3. The van der Waals surface area contributed by atoms with E-state index in [0.29, 0.717) is 19.6 Å². The van der Waals surface area contributed by atoms with Gasteiger partial charge in [-0.2, -0.15) is 0 Å². The van der Waals surface area contributed by atoms with Crippen LogP contribution in [0.25, 0.3) is 0 Å². The van der Waals surface area contributed by atoms with Crippen LogP contribution in [0, 0.1) is 23.3 Å². The van der Waals surface area contributed by atoms with Crippen LogP contribution in [0.3, 0.4) is 0 Å². The number of halogens is 4. The first-order valence-corrected chi connectivity index (χ1v) is 5.96. The van der Waals surface area contributed by atoms with Crippen LogP contribution in [0.4, 0.5) is 17.6 Å². The average Bonchev–Trinajstić information content (AvgIpc) is 2.84. The zero-order valence-corrected chi connectivity index (χ0v) is 10.3. The second-order valence-corrected chi connectivity index (χ2v) is 5.02. The van der Waals surface area contributed by atoms with Crippen molar-refractivity contribution in [1.82, 2.24) is 9.80 Å². The van der Waals surface area contributed by atoms with Gasteiger partial charge in [-0.05, 0) is 6.42 Å². The second-order valence-electron chi connectivity index (χ2n) is 5.02. The number of benzene rings is 1. The predicted octanol–water partition coefficient (Wildman–Crippen LogP) is 2.78. The first-order valence-electron chi connectivity index (χ1n) is 5.96. The van der Waals surface area contributed by atoms with E-state index in [1.807, 2.05) is 23.0 Å². The molecule has 1 saturated heterocycles. The molecule has 1 fully saturated rings. The molecule has 1 aromatic carbocycles. The van der Waals surface area contributed by atoms with Crippen molar-refractivity contribution >= 4 is 0 Å². The summed E-state index contributed by atoms with van der Waals surface area (Å²) in [5.41, 5.74) is 0.464. The summed E-state index contributed by atoms with van der Waals surface area (Å²) in [5.74, 6) is -5.79. The van der Waals surface area contributed by atoms with E-state index in [0.717, 1.165) is 5.70 Å². The van der Waals surface area contributed by atoms with Crippen molar-refractivity contribution in [2.24, 2.45) is 0 Å². The van der Waals surface area contributed by atoms with Crippen molar-refractivity contribution in [3.8, 4) is 0 Å². The van der Waals surface area contributed by atoms with Gasteiger partial charge >= 0.3 is 0 Å². The maximum atomic E-state index is 13.7. The number of hydrogen-bond acceptors (Lipinski definition) is 2. The molecule has 0 bridgehead atoms. The number of fused-ring (bicyclic) bond motifs is 1. The molecule has 0 aromatic heterocycles. The third-order valence-corrected chi connectivity index (χ3v) is 3.62. The molecule has 0 aliphatic carbocycles. The van der Waals surface area contributed by atoms with E-state index in [9.17, 15) is 17.6 Å². The van der Waals surface area contributed by atoms with E-state index in [1.54, 1.807) is 0 Å². The van der Waals surface area contributed by atoms with Gasteiger partial charge in [0.05, 0.1) is 6.67 Å². The molecule has 0 N–H and O–H groups in total. The van der Waals surface area contributed by atoms with Crippen molar-refractivity contribution in [3.63, 3.8) is 0 Å². The zero-order chi connectivity index (χ0) is 13.7. The molecular formula is C13H12F4N2. The Labute approximate surface area is 107 Å². The van der Waals surface area contributed by atoms with Crippen molar-refractivity contribution in [3.05, 3.63) is 46.8 Å². The monoisotopic (exact) mass is 272 g/mol. The second kappa shape index (κ2) is 4.15. The Morgan fingerprint density at radius 3 is 2.32 bits per heavy atom. The Hall–Kier alpha value is -1.72.